The zero-order valence-corrected chi connectivity index (χ0v) is 18.4. The molecule has 0 saturated carbocycles. The summed E-state index contributed by atoms with van der Waals surface area (Å²) in [6.45, 7) is 13.8. The number of ether oxygens (including phenoxy) is 1. The maximum Gasteiger partial charge on any atom is 0.253 e. The molecule has 3 heterocycles. The van der Waals surface area contributed by atoms with E-state index in [1.165, 1.54) is 26.2 Å². The van der Waals surface area contributed by atoms with Gasteiger partial charge in [0.25, 0.3) is 5.91 Å². The van der Waals surface area contributed by atoms with Crippen molar-refractivity contribution in [1.29, 1.82) is 0 Å². The fourth-order valence-corrected chi connectivity index (χ4v) is 5.36. The molecule has 3 aliphatic heterocycles. The zero-order chi connectivity index (χ0) is 20.4. The van der Waals surface area contributed by atoms with Crippen LogP contribution >= 0.6 is 0 Å². The third-order valence-electron chi connectivity index (χ3n) is 7.29. The second-order valence-corrected chi connectivity index (χ2v) is 9.51. The summed E-state index contributed by atoms with van der Waals surface area (Å²) in [4.78, 5) is 20.2. The van der Waals surface area contributed by atoms with Gasteiger partial charge in [0, 0.05) is 63.5 Å². The molecule has 0 bridgehead atoms. The van der Waals surface area contributed by atoms with Crippen molar-refractivity contribution in [3.05, 3.63) is 35.4 Å². The molecule has 1 amide bonds. The number of carbonyl (C=O) groups is 1. The number of rotatable bonds is 3. The highest BCUT2D eigenvalue weighted by Crippen LogP contribution is 2.37. The van der Waals surface area contributed by atoms with Crippen LogP contribution in [-0.4, -0.2) is 84.2 Å². The van der Waals surface area contributed by atoms with Crippen LogP contribution in [0.4, 0.5) is 0 Å². The van der Waals surface area contributed by atoms with Crippen LogP contribution in [-0.2, 0) is 4.74 Å². The van der Waals surface area contributed by atoms with Crippen LogP contribution in [0.2, 0.25) is 0 Å². The standard InChI is InChI=1S/C24H37N3O2/c1-19(2)25-12-14-26(15-13-25)22-7-16-29-24(18-22)8-10-27(11-9-24)23(28)21-6-4-5-20(3)17-21/h4-6,17,19,22H,7-16,18H2,1-3H3/t22-/m1/s1. The molecule has 160 valence electrons. The maximum absolute atomic E-state index is 12.9. The highest BCUT2D eigenvalue weighted by atomic mass is 16.5. The molecule has 3 saturated heterocycles. The third-order valence-corrected chi connectivity index (χ3v) is 7.29. The summed E-state index contributed by atoms with van der Waals surface area (Å²) in [6.07, 6.45) is 4.20. The molecular weight excluding hydrogens is 362 g/mol. The predicted molar refractivity (Wildman–Crippen MR) is 116 cm³/mol. The van der Waals surface area contributed by atoms with Gasteiger partial charge in [-0.1, -0.05) is 17.7 Å². The number of piperazine rings is 1. The van der Waals surface area contributed by atoms with Crippen molar-refractivity contribution < 1.29 is 9.53 Å². The lowest BCUT2D eigenvalue weighted by atomic mass is 9.81. The Hall–Kier alpha value is -1.43. The molecule has 5 nitrogen and oxygen atoms in total. The van der Waals surface area contributed by atoms with Crippen molar-refractivity contribution in [1.82, 2.24) is 14.7 Å². The number of likely N-dealkylation sites (tertiary alicyclic amines) is 1. The van der Waals surface area contributed by atoms with E-state index in [-0.39, 0.29) is 11.5 Å². The van der Waals surface area contributed by atoms with Crippen LogP contribution in [0.5, 0.6) is 0 Å². The van der Waals surface area contributed by atoms with Gasteiger partial charge in [0.2, 0.25) is 0 Å². The predicted octanol–water partition coefficient (Wildman–Crippen LogP) is 3.17. The first-order valence-electron chi connectivity index (χ1n) is 11.4. The summed E-state index contributed by atoms with van der Waals surface area (Å²) in [5, 5.41) is 0. The zero-order valence-electron chi connectivity index (χ0n) is 18.4. The molecule has 0 aromatic heterocycles. The number of hydrogen-bond donors (Lipinski definition) is 0. The van der Waals surface area contributed by atoms with E-state index < -0.39 is 0 Å². The minimum Gasteiger partial charge on any atom is -0.375 e. The van der Waals surface area contributed by atoms with Crippen molar-refractivity contribution >= 4 is 5.91 Å². The second-order valence-electron chi connectivity index (χ2n) is 9.51. The monoisotopic (exact) mass is 399 g/mol. The number of hydrogen-bond acceptors (Lipinski definition) is 4. The molecule has 1 aromatic carbocycles. The van der Waals surface area contributed by atoms with Gasteiger partial charge in [-0.25, -0.2) is 0 Å². The Bertz CT molecular complexity index is 704. The Balaban J connectivity index is 1.33. The summed E-state index contributed by atoms with van der Waals surface area (Å²) in [5.74, 6) is 0.167. The molecule has 0 radical (unpaired) electrons. The SMILES string of the molecule is Cc1cccc(C(=O)N2CCC3(CC2)C[C@H](N2CCN(C(C)C)CC2)CCO3)c1. The molecule has 1 spiro atoms. The number of benzene rings is 1. The van der Waals surface area contributed by atoms with Gasteiger partial charge in [-0.3, -0.25) is 14.6 Å². The third kappa shape index (κ3) is 4.68. The first-order chi connectivity index (χ1) is 14.0. The smallest absolute Gasteiger partial charge is 0.253 e. The first kappa shape index (κ1) is 20.8. The van der Waals surface area contributed by atoms with Crippen LogP contribution < -0.4 is 0 Å². The average Bonchev–Trinajstić information content (AvgIpc) is 2.74. The molecular formula is C24H37N3O2. The minimum atomic E-state index is -0.0263. The van der Waals surface area contributed by atoms with E-state index in [0.717, 1.165) is 56.5 Å². The summed E-state index contributed by atoms with van der Waals surface area (Å²) >= 11 is 0. The average molecular weight is 400 g/mol. The van der Waals surface area contributed by atoms with Crippen molar-refractivity contribution in [3.8, 4) is 0 Å². The van der Waals surface area contributed by atoms with Gasteiger partial charge in [-0.15, -0.1) is 0 Å². The van der Waals surface area contributed by atoms with Gasteiger partial charge in [0.1, 0.15) is 0 Å². The van der Waals surface area contributed by atoms with Crippen molar-refractivity contribution in [3.63, 3.8) is 0 Å². The molecule has 0 unspecified atom stereocenters. The Kier molecular flexibility index (Phi) is 6.28. The van der Waals surface area contributed by atoms with Crippen molar-refractivity contribution in [2.75, 3.05) is 45.9 Å². The first-order valence-corrected chi connectivity index (χ1v) is 11.4. The topological polar surface area (TPSA) is 36.0 Å². The number of amides is 1. The lowest BCUT2D eigenvalue weighted by Crippen LogP contribution is -2.58. The molecule has 1 atom stereocenters. The quantitative estimate of drug-likeness (QED) is 0.782. The summed E-state index contributed by atoms with van der Waals surface area (Å²) in [7, 11) is 0. The summed E-state index contributed by atoms with van der Waals surface area (Å²) < 4.78 is 6.36. The van der Waals surface area contributed by atoms with Gasteiger partial charge >= 0.3 is 0 Å². The Morgan fingerprint density at radius 1 is 1.10 bits per heavy atom. The molecule has 3 fully saturated rings. The lowest BCUT2D eigenvalue weighted by molar-refractivity contribution is -0.132. The molecule has 3 aliphatic rings. The summed E-state index contributed by atoms with van der Waals surface area (Å²) in [5.41, 5.74) is 1.92. The normalized spacial score (nSPS) is 26.2. The van der Waals surface area contributed by atoms with E-state index >= 15 is 0 Å². The van der Waals surface area contributed by atoms with E-state index in [1.54, 1.807) is 0 Å². The lowest BCUT2D eigenvalue weighted by Gasteiger charge is -2.50. The molecule has 29 heavy (non-hydrogen) atoms. The van der Waals surface area contributed by atoms with Gasteiger partial charge < -0.3 is 9.64 Å². The molecule has 1 aromatic rings. The van der Waals surface area contributed by atoms with Gasteiger partial charge in [-0.05, 0) is 58.6 Å². The van der Waals surface area contributed by atoms with Crippen molar-refractivity contribution in [2.24, 2.45) is 0 Å². The van der Waals surface area contributed by atoms with Gasteiger partial charge in [0.05, 0.1) is 5.60 Å². The van der Waals surface area contributed by atoms with Crippen LogP contribution in [0.25, 0.3) is 0 Å². The Morgan fingerprint density at radius 2 is 1.83 bits per heavy atom. The Labute approximate surface area is 176 Å². The largest absolute Gasteiger partial charge is 0.375 e. The maximum atomic E-state index is 12.9. The fraction of sp³-hybridized carbons (Fsp3) is 0.708. The highest BCUT2D eigenvalue weighted by molar-refractivity contribution is 5.94. The number of piperidine rings is 1. The number of carbonyl (C=O) groups excluding carboxylic acids is 1. The molecule has 5 heteroatoms. The van der Waals surface area contributed by atoms with Crippen LogP contribution in [0.15, 0.2) is 24.3 Å². The van der Waals surface area contributed by atoms with Crippen LogP contribution in [0, 0.1) is 6.92 Å². The van der Waals surface area contributed by atoms with Crippen LogP contribution in [0.1, 0.15) is 55.5 Å². The van der Waals surface area contributed by atoms with E-state index in [0.29, 0.717) is 12.1 Å². The Morgan fingerprint density at radius 3 is 2.48 bits per heavy atom. The number of aryl methyl sites for hydroxylation is 1. The molecule has 0 aliphatic carbocycles. The van der Waals surface area contributed by atoms with E-state index in [1.807, 2.05) is 36.1 Å². The number of nitrogens with zero attached hydrogens (tertiary/aromatic N) is 3. The minimum absolute atomic E-state index is 0.0263. The van der Waals surface area contributed by atoms with E-state index in [4.69, 9.17) is 4.74 Å². The van der Waals surface area contributed by atoms with Gasteiger partial charge in [0.15, 0.2) is 0 Å². The highest BCUT2D eigenvalue weighted by Gasteiger charge is 2.43. The fourth-order valence-electron chi connectivity index (χ4n) is 5.36. The molecule has 0 N–H and O–H groups in total. The van der Waals surface area contributed by atoms with Crippen LogP contribution in [0.3, 0.4) is 0 Å². The van der Waals surface area contributed by atoms with Gasteiger partial charge in [-0.2, -0.15) is 0 Å². The summed E-state index contributed by atoms with van der Waals surface area (Å²) in [6, 6.07) is 9.23. The second kappa shape index (κ2) is 8.75. The van der Waals surface area contributed by atoms with Crippen molar-refractivity contribution in [2.45, 2.75) is 64.1 Å². The molecule has 4 rings (SSSR count). The van der Waals surface area contributed by atoms with E-state index in [2.05, 4.69) is 23.6 Å². The van der Waals surface area contributed by atoms with E-state index in [9.17, 15) is 4.79 Å².